The summed E-state index contributed by atoms with van der Waals surface area (Å²) >= 11 is 0. The van der Waals surface area contributed by atoms with Crippen molar-refractivity contribution >= 4 is 5.82 Å². The third kappa shape index (κ3) is 1.60. The molecule has 3 nitrogen and oxygen atoms in total. The van der Waals surface area contributed by atoms with E-state index < -0.39 is 0 Å². The molecule has 1 aromatic heterocycles. The highest BCUT2D eigenvalue weighted by molar-refractivity contribution is 5.47. The van der Waals surface area contributed by atoms with Crippen LogP contribution in [0, 0.1) is 6.92 Å². The molecule has 0 saturated carbocycles. The molecular weight excluding hydrogens is 174 g/mol. The Morgan fingerprint density at radius 2 is 2.36 bits per heavy atom. The van der Waals surface area contributed by atoms with E-state index in [1.54, 1.807) is 0 Å². The van der Waals surface area contributed by atoms with Gasteiger partial charge in [-0.15, -0.1) is 0 Å². The molecule has 1 fully saturated rings. The van der Waals surface area contributed by atoms with Crippen molar-refractivity contribution in [3.05, 3.63) is 23.9 Å². The van der Waals surface area contributed by atoms with E-state index in [1.807, 2.05) is 12.3 Å². The maximum absolute atomic E-state index is 4.45. The smallest absolute Gasteiger partial charge is 0.131 e. The Hall–Kier alpha value is -1.09. The van der Waals surface area contributed by atoms with Crippen LogP contribution in [-0.2, 0) is 0 Å². The molecule has 1 aliphatic rings. The van der Waals surface area contributed by atoms with Gasteiger partial charge in [0.05, 0.1) is 6.04 Å². The Kier molecular flexibility index (Phi) is 2.68. The van der Waals surface area contributed by atoms with Crippen molar-refractivity contribution in [3.63, 3.8) is 0 Å². The number of hydrogen-bond donors (Lipinski definition) is 1. The van der Waals surface area contributed by atoms with Crippen molar-refractivity contribution in [1.82, 2.24) is 10.3 Å². The van der Waals surface area contributed by atoms with E-state index in [9.17, 15) is 0 Å². The number of hydrogen-bond acceptors (Lipinski definition) is 3. The van der Waals surface area contributed by atoms with E-state index in [-0.39, 0.29) is 0 Å². The van der Waals surface area contributed by atoms with Crippen LogP contribution in [0.25, 0.3) is 0 Å². The van der Waals surface area contributed by atoms with Crippen molar-refractivity contribution in [1.29, 1.82) is 0 Å². The zero-order valence-corrected chi connectivity index (χ0v) is 8.83. The van der Waals surface area contributed by atoms with E-state index in [0.717, 1.165) is 25.5 Å². The summed E-state index contributed by atoms with van der Waals surface area (Å²) in [5.41, 5.74) is 1.27. The molecule has 0 bridgehead atoms. The Morgan fingerprint density at radius 1 is 1.57 bits per heavy atom. The van der Waals surface area contributed by atoms with Crippen molar-refractivity contribution in [2.75, 3.05) is 24.5 Å². The molecule has 2 rings (SSSR count). The maximum atomic E-state index is 4.45. The fraction of sp³-hybridized carbons (Fsp3) is 0.545. The Morgan fingerprint density at radius 3 is 2.86 bits per heavy atom. The number of likely N-dealkylation sites (N-methyl/N-ethyl adjacent to an activating group) is 1. The van der Waals surface area contributed by atoms with E-state index in [1.165, 1.54) is 5.56 Å². The quantitative estimate of drug-likeness (QED) is 0.778. The zero-order valence-electron chi connectivity index (χ0n) is 8.83. The second-order valence-corrected chi connectivity index (χ2v) is 3.74. The lowest BCUT2D eigenvalue weighted by molar-refractivity contribution is 0.415. The van der Waals surface area contributed by atoms with Gasteiger partial charge in [0.1, 0.15) is 5.82 Å². The summed E-state index contributed by atoms with van der Waals surface area (Å²) in [5, 5.41) is 3.30. The average molecular weight is 191 g/mol. The monoisotopic (exact) mass is 191 g/mol. The highest BCUT2D eigenvalue weighted by atomic mass is 15.3. The summed E-state index contributed by atoms with van der Waals surface area (Å²) in [4.78, 5) is 6.83. The van der Waals surface area contributed by atoms with Gasteiger partial charge in [-0.3, -0.25) is 0 Å². The Balaban J connectivity index is 2.22. The summed E-state index contributed by atoms with van der Waals surface area (Å²) in [6, 6.07) is 4.75. The first-order chi connectivity index (χ1) is 6.83. The van der Waals surface area contributed by atoms with Crippen LogP contribution >= 0.6 is 0 Å². The van der Waals surface area contributed by atoms with Gasteiger partial charge in [-0.2, -0.15) is 0 Å². The van der Waals surface area contributed by atoms with Gasteiger partial charge in [0.2, 0.25) is 0 Å². The first kappa shape index (κ1) is 9.46. The zero-order chi connectivity index (χ0) is 9.97. The van der Waals surface area contributed by atoms with Crippen LogP contribution in [-0.4, -0.2) is 30.7 Å². The lowest BCUT2D eigenvalue weighted by Crippen LogP contribution is -2.57. The number of aryl methyl sites for hydroxylation is 1. The molecule has 1 aromatic rings. The van der Waals surface area contributed by atoms with Crippen LogP contribution in [0.15, 0.2) is 18.3 Å². The van der Waals surface area contributed by atoms with Crippen molar-refractivity contribution < 1.29 is 0 Å². The molecule has 0 radical (unpaired) electrons. The minimum Gasteiger partial charge on any atom is -0.351 e. The van der Waals surface area contributed by atoms with E-state index in [4.69, 9.17) is 0 Å². The predicted molar refractivity (Wildman–Crippen MR) is 58.7 cm³/mol. The molecule has 0 aromatic carbocycles. The van der Waals surface area contributed by atoms with Crippen LogP contribution in [0.2, 0.25) is 0 Å². The molecule has 0 aliphatic carbocycles. The van der Waals surface area contributed by atoms with E-state index in [0.29, 0.717) is 6.04 Å². The van der Waals surface area contributed by atoms with E-state index >= 15 is 0 Å². The number of aromatic nitrogens is 1. The second-order valence-electron chi connectivity index (χ2n) is 3.74. The summed E-state index contributed by atoms with van der Waals surface area (Å²) in [6.07, 6.45) is 1.87. The second kappa shape index (κ2) is 3.96. The molecule has 1 N–H and O–H groups in total. The SMILES string of the molecule is CCN(c1ncccc1C)C1CNC1. The molecule has 3 heteroatoms. The molecule has 0 amide bonds. The molecule has 0 atom stereocenters. The first-order valence-electron chi connectivity index (χ1n) is 5.22. The lowest BCUT2D eigenvalue weighted by atomic mass is 10.1. The summed E-state index contributed by atoms with van der Waals surface area (Å²) in [7, 11) is 0. The molecule has 76 valence electrons. The summed E-state index contributed by atoms with van der Waals surface area (Å²) in [5.74, 6) is 1.14. The van der Waals surface area contributed by atoms with E-state index in [2.05, 4.69) is 35.1 Å². The van der Waals surface area contributed by atoms with Crippen LogP contribution < -0.4 is 10.2 Å². The minimum absolute atomic E-state index is 0.633. The van der Waals surface area contributed by atoms with Gasteiger partial charge in [-0.1, -0.05) is 6.07 Å². The van der Waals surface area contributed by atoms with Crippen LogP contribution in [0.1, 0.15) is 12.5 Å². The highest BCUT2D eigenvalue weighted by Gasteiger charge is 2.24. The van der Waals surface area contributed by atoms with Crippen LogP contribution in [0.3, 0.4) is 0 Å². The number of nitrogens with zero attached hydrogens (tertiary/aromatic N) is 2. The molecule has 1 saturated heterocycles. The molecule has 2 heterocycles. The normalized spacial score (nSPS) is 16.4. The first-order valence-corrected chi connectivity index (χ1v) is 5.22. The minimum atomic E-state index is 0.633. The number of anilines is 1. The lowest BCUT2D eigenvalue weighted by Gasteiger charge is -2.39. The fourth-order valence-corrected chi connectivity index (χ4v) is 1.85. The largest absolute Gasteiger partial charge is 0.351 e. The Labute approximate surface area is 85.1 Å². The number of nitrogens with one attached hydrogen (secondary N) is 1. The van der Waals surface area contributed by atoms with Gasteiger partial charge in [0, 0.05) is 25.8 Å². The van der Waals surface area contributed by atoms with Gasteiger partial charge in [0.25, 0.3) is 0 Å². The maximum Gasteiger partial charge on any atom is 0.131 e. The topological polar surface area (TPSA) is 28.2 Å². The van der Waals surface area contributed by atoms with Gasteiger partial charge in [-0.05, 0) is 25.5 Å². The summed E-state index contributed by atoms with van der Waals surface area (Å²) in [6.45, 7) is 7.52. The van der Waals surface area contributed by atoms with Crippen molar-refractivity contribution in [3.8, 4) is 0 Å². The third-order valence-electron chi connectivity index (χ3n) is 2.80. The predicted octanol–water partition coefficient (Wildman–Crippen LogP) is 1.19. The van der Waals surface area contributed by atoms with Crippen LogP contribution in [0.4, 0.5) is 5.82 Å². The number of pyridine rings is 1. The summed E-state index contributed by atoms with van der Waals surface area (Å²) < 4.78 is 0. The average Bonchev–Trinajstić information content (AvgIpc) is 2.12. The fourth-order valence-electron chi connectivity index (χ4n) is 1.85. The molecular formula is C11H17N3. The van der Waals surface area contributed by atoms with Gasteiger partial charge in [-0.25, -0.2) is 4.98 Å². The molecule has 0 unspecified atom stereocenters. The molecule has 0 spiro atoms. The van der Waals surface area contributed by atoms with Gasteiger partial charge >= 0.3 is 0 Å². The molecule has 1 aliphatic heterocycles. The number of rotatable bonds is 3. The molecule has 14 heavy (non-hydrogen) atoms. The Bertz CT molecular complexity index is 307. The van der Waals surface area contributed by atoms with Crippen molar-refractivity contribution in [2.45, 2.75) is 19.9 Å². The third-order valence-corrected chi connectivity index (χ3v) is 2.80. The van der Waals surface area contributed by atoms with Gasteiger partial charge < -0.3 is 10.2 Å². The van der Waals surface area contributed by atoms with Gasteiger partial charge in [0.15, 0.2) is 0 Å². The standard InChI is InChI=1S/C11H17N3/c1-3-14(10-7-12-8-10)11-9(2)5-4-6-13-11/h4-6,10,12H,3,7-8H2,1-2H3. The van der Waals surface area contributed by atoms with Crippen LogP contribution in [0.5, 0.6) is 0 Å². The van der Waals surface area contributed by atoms with Crippen molar-refractivity contribution in [2.24, 2.45) is 0 Å². The highest BCUT2D eigenvalue weighted by Crippen LogP contribution is 2.19.